The van der Waals surface area contributed by atoms with Gasteiger partial charge in [0.05, 0.1) is 18.0 Å². The van der Waals surface area contributed by atoms with E-state index in [-0.39, 0.29) is 10.8 Å². The predicted molar refractivity (Wildman–Crippen MR) is 95.9 cm³/mol. The van der Waals surface area contributed by atoms with Crippen LogP contribution in [0.3, 0.4) is 0 Å². The highest BCUT2D eigenvalue weighted by Gasteiger charge is 2.21. The van der Waals surface area contributed by atoms with Crippen LogP contribution < -0.4 is 14.8 Å². The van der Waals surface area contributed by atoms with E-state index in [0.29, 0.717) is 13.0 Å². The zero-order valence-electron chi connectivity index (χ0n) is 14.2. The van der Waals surface area contributed by atoms with Crippen LogP contribution >= 0.6 is 0 Å². The molecule has 0 heterocycles. The van der Waals surface area contributed by atoms with E-state index in [9.17, 15) is 13.2 Å². The summed E-state index contributed by atoms with van der Waals surface area (Å²) in [7, 11) is -2.11. The van der Waals surface area contributed by atoms with Crippen LogP contribution in [-0.2, 0) is 21.2 Å². The summed E-state index contributed by atoms with van der Waals surface area (Å²) in [5.74, 6) is 0.407. The fraction of sp³-hybridized carbons (Fsp3) is 0.278. The zero-order valence-corrected chi connectivity index (χ0v) is 15.0. The third-order valence-corrected chi connectivity index (χ3v) is 5.21. The number of hydrogen-bond acceptors (Lipinski definition) is 4. The molecule has 1 atom stereocenters. The Labute approximate surface area is 148 Å². The maximum atomic E-state index is 12.2. The average Bonchev–Trinajstić information content (AvgIpc) is 2.62. The topological polar surface area (TPSA) is 84.5 Å². The minimum Gasteiger partial charge on any atom is -0.497 e. The van der Waals surface area contributed by atoms with E-state index in [1.165, 1.54) is 19.1 Å². The first-order chi connectivity index (χ1) is 11.9. The van der Waals surface area contributed by atoms with Gasteiger partial charge in [-0.2, -0.15) is 4.72 Å². The molecule has 134 valence electrons. The first-order valence-corrected chi connectivity index (χ1v) is 9.39. The number of benzene rings is 2. The van der Waals surface area contributed by atoms with Crippen LogP contribution in [0, 0.1) is 0 Å². The van der Waals surface area contributed by atoms with Crippen LogP contribution in [0.25, 0.3) is 0 Å². The van der Waals surface area contributed by atoms with Gasteiger partial charge in [0.15, 0.2) is 0 Å². The quantitative estimate of drug-likeness (QED) is 0.749. The number of nitrogens with one attached hydrogen (secondary N) is 2. The van der Waals surface area contributed by atoms with Gasteiger partial charge in [0.25, 0.3) is 0 Å². The Morgan fingerprint density at radius 2 is 1.72 bits per heavy atom. The maximum absolute atomic E-state index is 12.2. The number of carbonyl (C=O) groups excluding carboxylic acids is 1. The molecule has 0 fully saturated rings. The van der Waals surface area contributed by atoms with E-state index >= 15 is 0 Å². The predicted octanol–water partition coefficient (Wildman–Crippen LogP) is 1.72. The zero-order chi connectivity index (χ0) is 18.3. The third-order valence-electron chi connectivity index (χ3n) is 3.65. The summed E-state index contributed by atoms with van der Waals surface area (Å²) in [6.07, 6.45) is 0.647. The molecule has 0 aliphatic carbocycles. The molecule has 0 bridgehead atoms. The standard InChI is InChI=1S/C18H22N2O4S/c1-14(20-25(22,23)17-6-4-3-5-7-17)18(21)19-13-12-15-8-10-16(24-2)11-9-15/h3-11,14,20H,12-13H2,1-2H3,(H,19,21). The van der Waals surface area contributed by atoms with Crippen molar-refractivity contribution in [3.63, 3.8) is 0 Å². The molecule has 6 nitrogen and oxygen atoms in total. The second kappa shape index (κ2) is 8.64. The van der Waals surface area contributed by atoms with E-state index < -0.39 is 16.1 Å². The van der Waals surface area contributed by atoms with Crippen LogP contribution in [0.15, 0.2) is 59.5 Å². The van der Waals surface area contributed by atoms with Crippen molar-refractivity contribution in [3.05, 3.63) is 60.2 Å². The Hall–Kier alpha value is -2.38. The highest BCUT2D eigenvalue weighted by Crippen LogP contribution is 2.11. The van der Waals surface area contributed by atoms with Gasteiger partial charge in [0, 0.05) is 6.54 Å². The Balaban J connectivity index is 1.83. The lowest BCUT2D eigenvalue weighted by Crippen LogP contribution is -2.45. The SMILES string of the molecule is COc1ccc(CCNC(=O)C(C)NS(=O)(=O)c2ccccc2)cc1. The van der Waals surface area contributed by atoms with Crippen molar-refractivity contribution < 1.29 is 17.9 Å². The van der Waals surface area contributed by atoms with Gasteiger partial charge in [0.2, 0.25) is 15.9 Å². The van der Waals surface area contributed by atoms with E-state index in [2.05, 4.69) is 10.0 Å². The summed E-state index contributed by atoms with van der Waals surface area (Å²) < 4.78 is 31.9. The number of hydrogen-bond donors (Lipinski definition) is 2. The molecule has 2 aromatic rings. The molecular weight excluding hydrogens is 340 g/mol. The Morgan fingerprint density at radius 3 is 2.32 bits per heavy atom. The molecule has 0 aliphatic rings. The fourth-order valence-electron chi connectivity index (χ4n) is 2.23. The molecule has 0 saturated carbocycles. The van der Waals surface area contributed by atoms with E-state index in [1.807, 2.05) is 24.3 Å². The lowest BCUT2D eigenvalue weighted by atomic mass is 10.1. The van der Waals surface area contributed by atoms with Crippen LogP contribution in [0.2, 0.25) is 0 Å². The summed E-state index contributed by atoms with van der Waals surface area (Å²) >= 11 is 0. The molecule has 25 heavy (non-hydrogen) atoms. The van der Waals surface area contributed by atoms with Crippen LogP contribution in [-0.4, -0.2) is 34.0 Å². The van der Waals surface area contributed by atoms with E-state index in [1.54, 1.807) is 25.3 Å². The Kier molecular flexibility index (Phi) is 6.55. The molecule has 2 N–H and O–H groups in total. The normalized spacial score (nSPS) is 12.4. The van der Waals surface area contributed by atoms with E-state index in [4.69, 9.17) is 4.74 Å². The number of amides is 1. The van der Waals surface area contributed by atoms with Crippen molar-refractivity contribution in [2.75, 3.05) is 13.7 Å². The summed E-state index contributed by atoms with van der Waals surface area (Å²) in [5.41, 5.74) is 1.05. The lowest BCUT2D eigenvalue weighted by Gasteiger charge is -2.14. The fourth-order valence-corrected chi connectivity index (χ4v) is 3.45. The van der Waals surface area contributed by atoms with Crippen LogP contribution in [0.5, 0.6) is 5.75 Å². The van der Waals surface area contributed by atoms with Gasteiger partial charge >= 0.3 is 0 Å². The second-order valence-electron chi connectivity index (χ2n) is 5.55. The summed E-state index contributed by atoms with van der Waals surface area (Å²) in [6, 6.07) is 14.7. The average molecular weight is 362 g/mol. The lowest BCUT2D eigenvalue weighted by molar-refractivity contribution is -0.122. The molecule has 1 unspecified atom stereocenters. The van der Waals surface area contributed by atoms with Crippen molar-refractivity contribution in [3.8, 4) is 5.75 Å². The van der Waals surface area contributed by atoms with Crippen molar-refractivity contribution in [1.29, 1.82) is 0 Å². The molecular formula is C18H22N2O4S. The van der Waals surface area contributed by atoms with Crippen molar-refractivity contribution in [2.45, 2.75) is 24.3 Å². The first-order valence-electron chi connectivity index (χ1n) is 7.90. The molecule has 1 amide bonds. The summed E-state index contributed by atoms with van der Waals surface area (Å²) in [5, 5.41) is 2.74. The van der Waals surface area contributed by atoms with Gasteiger partial charge in [-0.25, -0.2) is 8.42 Å². The van der Waals surface area contributed by atoms with Gasteiger partial charge in [0.1, 0.15) is 5.75 Å². The number of carbonyl (C=O) groups is 1. The smallest absolute Gasteiger partial charge is 0.241 e. The monoisotopic (exact) mass is 362 g/mol. The third kappa shape index (κ3) is 5.58. The highest BCUT2D eigenvalue weighted by atomic mass is 32.2. The number of sulfonamides is 1. The second-order valence-corrected chi connectivity index (χ2v) is 7.26. The van der Waals surface area contributed by atoms with Gasteiger partial charge in [-0.1, -0.05) is 30.3 Å². The number of rotatable bonds is 8. The molecule has 0 saturated heterocycles. The minimum absolute atomic E-state index is 0.132. The molecule has 2 aromatic carbocycles. The van der Waals surface area contributed by atoms with Crippen LogP contribution in [0.4, 0.5) is 0 Å². The Morgan fingerprint density at radius 1 is 1.08 bits per heavy atom. The van der Waals surface area contributed by atoms with E-state index in [0.717, 1.165) is 11.3 Å². The minimum atomic E-state index is -3.71. The molecule has 7 heteroatoms. The highest BCUT2D eigenvalue weighted by molar-refractivity contribution is 7.89. The van der Waals surface area contributed by atoms with Gasteiger partial charge < -0.3 is 10.1 Å². The first kappa shape index (κ1) is 19.0. The number of ether oxygens (including phenoxy) is 1. The van der Waals surface area contributed by atoms with Crippen molar-refractivity contribution >= 4 is 15.9 Å². The van der Waals surface area contributed by atoms with Crippen LogP contribution in [0.1, 0.15) is 12.5 Å². The summed E-state index contributed by atoms with van der Waals surface area (Å²) in [4.78, 5) is 12.2. The molecule has 2 rings (SSSR count). The molecule has 0 aliphatic heterocycles. The maximum Gasteiger partial charge on any atom is 0.241 e. The number of methoxy groups -OCH3 is 1. The molecule has 0 aromatic heterocycles. The summed E-state index contributed by atoms with van der Waals surface area (Å²) in [6.45, 7) is 1.94. The van der Waals surface area contributed by atoms with Gasteiger partial charge in [-0.05, 0) is 43.2 Å². The van der Waals surface area contributed by atoms with Crippen molar-refractivity contribution in [2.24, 2.45) is 0 Å². The Bertz CT molecular complexity index is 790. The molecule has 0 spiro atoms. The van der Waals surface area contributed by atoms with Gasteiger partial charge in [-0.15, -0.1) is 0 Å². The molecule has 0 radical (unpaired) electrons. The van der Waals surface area contributed by atoms with Crippen molar-refractivity contribution in [1.82, 2.24) is 10.0 Å². The van der Waals surface area contributed by atoms with Gasteiger partial charge in [-0.3, -0.25) is 4.79 Å². The largest absolute Gasteiger partial charge is 0.497 e.